The molecule has 0 atom stereocenters. The first-order chi connectivity index (χ1) is 9.22. The van der Waals surface area contributed by atoms with Gasteiger partial charge in [-0.05, 0) is 19.4 Å². The Hall–Kier alpha value is -2.67. The van der Waals surface area contributed by atoms with Crippen LogP contribution in [-0.4, -0.2) is 14.6 Å². The second kappa shape index (κ2) is 4.21. The van der Waals surface area contributed by atoms with Crippen molar-refractivity contribution in [2.45, 2.75) is 13.8 Å². The lowest BCUT2D eigenvalue weighted by Crippen LogP contribution is -1.99. The van der Waals surface area contributed by atoms with Gasteiger partial charge in [0.2, 0.25) is 0 Å². The summed E-state index contributed by atoms with van der Waals surface area (Å²) in [7, 11) is 0. The molecule has 0 aliphatic heterocycles. The topological polar surface area (TPSA) is 54.0 Å². The molecule has 0 aliphatic rings. The lowest BCUT2D eigenvalue weighted by Gasteiger charge is -2.07. The van der Waals surface area contributed by atoms with Crippen molar-refractivity contribution in [3.8, 4) is 17.3 Å². The van der Waals surface area contributed by atoms with Crippen molar-refractivity contribution >= 4 is 5.65 Å². The quantitative estimate of drug-likeness (QED) is 0.665. The van der Waals surface area contributed by atoms with Crippen LogP contribution in [0.5, 0.6) is 0 Å². The van der Waals surface area contributed by atoms with Gasteiger partial charge in [-0.3, -0.25) is 0 Å². The van der Waals surface area contributed by atoms with Crippen molar-refractivity contribution in [2.75, 3.05) is 0 Å². The molecule has 19 heavy (non-hydrogen) atoms. The molecule has 0 bridgehead atoms. The van der Waals surface area contributed by atoms with E-state index in [4.69, 9.17) is 0 Å². The zero-order valence-corrected chi connectivity index (χ0v) is 10.8. The molecule has 4 heteroatoms. The lowest BCUT2D eigenvalue weighted by molar-refractivity contribution is 0.916. The minimum absolute atomic E-state index is 0.539. The second-order valence-electron chi connectivity index (χ2n) is 4.46. The highest BCUT2D eigenvalue weighted by Crippen LogP contribution is 2.25. The average Bonchev–Trinajstić information content (AvgIpc) is 2.74. The van der Waals surface area contributed by atoms with Gasteiger partial charge in [0.05, 0.1) is 11.4 Å². The largest absolute Gasteiger partial charge is 0.236 e. The minimum Gasteiger partial charge on any atom is -0.236 e. The molecule has 0 aliphatic carbocycles. The highest BCUT2D eigenvalue weighted by atomic mass is 15.3. The van der Waals surface area contributed by atoms with Crippen molar-refractivity contribution < 1.29 is 0 Å². The number of nitriles is 1. The summed E-state index contributed by atoms with van der Waals surface area (Å²) in [6.45, 7) is 3.83. The third-order valence-electron chi connectivity index (χ3n) is 3.16. The van der Waals surface area contributed by atoms with Crippen molar-refractivity contribution in [1.82, 2.24) is 14.6 Å². The number of aromatic nitrogens is 3. The van der Waals surface area contributed by atoms with Crippen LogP contribution in [0.4, 0.5) is 0 Å². The molecular formula is C15H12N4. The number of fused-ring (bicyclic) bond motifs is 1. The number of nitrogens with zero attached hydrogens (tertiary/aromatic N) is 4. The predicted octanol–water partition coefficient (Wildman–Crippen LogP) is 2.88. The number of rotatable bonds is 1. The van der Waals surface area contributed by atoms with Crippen LogP contribution >= 0.6 is 0 Å². The normalized spacial score (nSPS) is 10.6. The van der Waals surface area contributed by atoms with Gasteiger partial charge in [0.25, 0.3) is 0 Å². The van der Waals surface area contributed by atoms with Crippen LogP contribution in [0.2, 0.25) is 0 Å². The molecule has 0 unspecified atom stereocenters. The fraction of sp³-hybridized carbons (Fsp3) is 0.133. The van der Waals surface area contributed by atoms with E-state index in [9.17, 15) is 5.26 Å². The molecule has 4 nitrogen and oxygen atoms in total. The molecule has 0 N–H and O–H groups in total. The zero-order valence-electron chi connectivity index (χ0n) is 10.8. The lowest BCUT2D eigenvalue weighted by atomic mass is 10.1. The Morgan fingerprint density at radius 1 is 1.16 bits per heavy atom. The van der Waals surface area contributed by atoms with Crippen LogP contribution in [0.1, 0.15) is 16.8 Å². The van der Waals surface area contributed by atoms with E-state index in [1.54, 1.807) is 10.7 Å². The van der Waals surface area contributed by atoms with Gasteiger partial charge in [-0.2, -0.15) is 10.4 Å². The summed E-state index contributed by atoms with van der Waals surface area (Å²) in [4.78, 5) is 4.34. The third-order valence-corrected chi connectivity index (χ3v) is 3.16. The van der Waals surface area contributed by atoms with E-state index in [-0.39, 0.29) is 0 Å². The van der Waals surface area contributed by atoms with E-state index >= 15 is 0 Å². The molecule has 3 aromatic rings. The van der Waals surface area contributed by atoms with E-state index in [0.717, 1.165) is 16.8 Å². The van der Waals surface area contributed by atoms with E-state index in [1.165, 1.54) is 0 Å². The third kappa shape index (κ3) is 1.67. The first-order valence-corrected chi connectivity index (χ1v) is 6.03. The summed E-state index contributed by atoms with van der Waals surface area (Å²) in [5, 5.41) is 13.6. The average molecular weight is 248 g/mol. The van der Waals surface area contributed by atoms with Gasteiger partial charge in [-0.15, -0.1) is 0 Å². The van der Waals surface area contributed by atoms with Crippen LogP contribution in [0.25, 0.3) is 16.9 Å². The SMILES string of the molecule is Cc1cnc2c(C#N)c(C)nn2c1-c1ccccc1. The molecule has 92 valence electrons. The van der Waals surface area contributed by atoms with Crippen molar-refractivity contribution in [3.63, 3.8) is 0 Å². The summed E-state index contributed by atoms with van der Waals surface area (Å²) < 4.78 is 1.76. The molecule has 0 radical (unpaired) electrons. The fourth-order valence-corrected chi connectivity index (χ4v) is 2.25. The number of hydrogen-bond donors (Lipinski definition) is 0. The summed E-state index contributed by atoms with van der Waals surface area (Å²) in [5.74, 6) is 0. The zero-order chi connectivity index (χ0) is 13.4. The molecule has 0 saturated carbocycles. The second-order valence-corrected chi connectivity index (χ2v) is 4.46. The van der Waals surface area contributed by atoms with Gasteiger partial charge in [-0.1, -0.05) is 30.3 Å². The molecule has 2 heterocycles. The predicted molar refractivity (Wildman–Crippen MR) is 72.6 cm³/mol. The van der Waals surface area contributed by atoms with Crippen LogP contribution in [-0.2, 0) is 0 Å². The highest BCUT2D eigenvalue weighted by molar-refractivity contribution is 5.69. The Balaban J connectivity index is 2.42. The standard InChI is InChI=1S/C15H12N4/c1-10-9-17-15-13(8-16)11(2)18-19(15)14(10)12-6-4-3-5-7-12/h3-7,9H,1-2H3. The van der Waals surface area contributed by atoms with Gasteiger partial charge >= 0.3 is 0 Å². The van der Waals surface area contributed by atoms with Crippen molar-refractivity contribution in [2.24, 2.45) is 0 Å². The Bertz CT molecular complexity index is 794. The van der Waals surface area contributed by atoms with Crippen molar-refractivity contribution in [1.29, 1.82) is 5.26 Å². The van der Waals surface area contributed by atoms with Crippen molar-refractivity contribution in [3.05, 3.63) is 53.3 Å². The summed E-state index contributed by atoms with van der Waals surface area (Å²) in [6, 6.07) is 12.2. The van der Waals surface area contributed by atoms with Crippen LogP contribution < -0.4 is 0 Å². The molecule has 2 aromatic heterocycles. The number of aryl methyl sites for hydroxylation is 2. The molecular weight excluding hydrogens is 236 g/mol. The number of hydrogen-bond acceptors (Lipinski definition) is 3. The van der Waals surface area contributed by atoms with Gasteiger partial charge in [0.15, 0.2) is 5.65 Å². The first kappa shape index (κ1) is 11.4. The van der Waals surface area contributed by atoms with Gasteiger partial charge in [0.1, 0.15) is 11.6 Å². The maximum Gasteiger partial charge on any atom is 0.173 e. The van der Waals surface area contributed by atoms with Crippen LogP contribution in [0, 0.1) is 25.2 Å². The molecule has 0 amide bonds. The summed E-state index contributed by atoms with van der Waals surface area (Å²) in [6.07, 6.45) is 1.79. The van der Waals surface area contributed by atoms with Gasteiger partial charge < -0.3 is 0 Å². The molecule has 0 saturated heterocycles. The summed E-state index contributed by atoms with van der Waals surface area (Å²) in [5.41, 5.74) is 4.94. The summed E-state index contributed by atoms with van der Waals surface area (Å²) >= 11 is 0. The van der Waals surface area contributed by atoms with Gasteiger partial charge in [0, 0.05) is 11.8 Å². The Labute approximate surface area is 111 Å². The van der Waals surface area contributed by atoms with Gasteiger partial charge in [-0.25, -0.2) is 9.50 Å². The van der Waals surface area contributed by atoms with E-state index < -0.39 is 0 Å². The monoisotopic (exact) mass is 248 g/mol. The maximum atomic E-state index is 9.19. The smallest absolute Gasteiger partial charge is 0.173 e. The first-order valence-electron chi connectivity index (χ1n) is 6.03. The van der Waals surface area contributed by atoms with E-state index in [1.807, 2.05) is 44.2 Å². The van der Waals surface area contributed by atoms with Crippen LogP contribution in [0.15, 0.2) is 36.5 Å². The number of benzene rings is 1. The molecule has 0 spiro atoms. The Morgan fingerprint density at radius 3 is 2.58 bits per heavy atom. The fourth-order valence-electron chi connectivity index (χ4n) is 2.25. The van der Waals surface area contributed by atoms with E-state index in [0.29, 0.717) is 16.9 Å². The van der Waals surface area contributed by atoms with Crippen LogP contribution in [0.3, 0.4) is 0 Å². The Morgan fingerprint density at radius 2 is 1.89 bits per heavy atom. The molecule has 3 rings (SSSR count). The Kier molecular flexibility index (Phi) is 2.53. The minimum atomic E-state index is 0.539. The maximum absolute atomic E-state index is 9.19. The molecule has 1 aromatic carbocycles. The van der Waals surface area contributed by atoms with E-state index in [2.05, 4.69) is 16.2 Å². The highest BCUT2D eigenvalue weighted by Gasteiger charge is 2.15. The molecule has 0 fully saturated rings.